The molecule has 0 saturated carbocycles. The van der Waals surface area contributed by atoms with Gasteiger partial charge in [-0.25, -0.2) is 8.96 Å². The van der Waals surface area contributed by atoms with Crippen molar-refractivity contribution >= 4 is 16.5 Å². The summed E-state index contributed by atoms with van der Waals surface area (Å²) in [7, 11) is -0.790. The van der Waals surface area contributed by atoms with Crippen LogP contribution >= 0.6 is 0 Å². The van der Waals surface area contributed by atoms with Crippen LogP contribution in [0, 0.1) is 0 Å². The zero-order chi connectivity index (χ0) is 15.5. The normalized spacial score (nSPS) is 11.8. The Kier molecular flexibility index (Phi) is 4.54. The van der Waals surface area contributed by atoms with E-state index >= 15 is 0 Å². The van der Waals surface area contributed by atoms with Crippen LogP contribution in [0.4, 0.5) is 0 Å². The number of nitrogens with zero attached hydrogens (tertiary/aromatic N) is 3. The monoisotopic (exact) mass is 307 g/mol. The minimum atomic E-state index is -3.67. The summed E-state index contributed by atoms with van der Waals surface area (Å²) in [6.07, 6.45) is 2.60. The van der Waals surface area contributed by atoms with Crippen LogP contribution in [0.1, 0.15) is 17.1 Å². The molecule has 1 aromatic carbocycles. The minimum absolute atomic E-state index is 0.0398. The Hall–Kier alpha value is -1.99. The lowest BCUT2D eigenvalue weighted by Gasteiger charge is -2.13. The van der Waals surface area contributed by atoms with Gasteiger partial charge in [-0.2, -0.15) is 12.7 Å². The Morgan fingerprint density at radius 2 is 1.90 bits per heavy atom. The SMILES string of the molecule is CN(C)S(=O)(=O)n1cc(Cc2ccccc2)nc1CC=O. The Bertz CT molecular complexity index is 721. The Morgan fingerprint density at radius 1 is 1.24 bits per heavy atom. The molecule has 0 aliphatic heterocycles. The van der Waals surface area contributed by atoms with Gasteiger partial charge in [-0.3, -0.25) is 0 Å². The summed E-state index contributed by atoms with van der Waals surface area (Å²) >= 11 is 0. The van der Waals surface area contributed by atoms with Gasteiger partial charge in [0.1, 0.15) is 12.1 Å². The molecule has 7 heteroatoms. The second kappa shape index (κ2) is 6.19. The predicted octanol–water partition coefficient (Wildman–Crippen LogP) is 0.870. The highest BCUT2D eigenvalue weighted by Crippen LogP contribution is 2.13. The van der Waals surface area contributed by atoms with E-state index in [-0.39, 0.29) is 12.2 Å². The molecule has 0 bridgehead atoms. The molecule has 112 valence electrons. The molecule has 0 fully saturated rings. The standard InChI is InChI=1S/C14H17N3O3S/c1-16(2)21(19,20)17-11-13(15-14(17)8-9-18)10-12-6-4-3-5-7-12/h3-7,9,11H,8,10H2,1-2H3. The van der Waals surface area contributed by atoms with Crippen molar-refractivity contribution < 1.29 is 13.2 Å². The largest absolute Gasteiger partial charge is 0.308 e. The molecule has 0 spiro atoms. The first-order valence-corrected chi connectivity index (χ1v) is 7.82. The van der Waals surface area contributed by atoms with E-state index in [4.69, 9.17) is 0 Å². The van der Waals surface area contributed by atoms with E-state index in [1.807, 2.05) is 30.3 Å². The van der Waals surface area contributed by atoms with Crippen LogP contribution in [0.15, 0.2) is 36.5 Å². The highest BCUT2D eigenvalue weighted by Gasteiger charge is 2.21. The highest BCUT2D eigenvalue weighted by atomic mass is 32.2. The van der Waals surface area contributed by atoms with Crippen LogP contribution in [0.25, 0.3) is 0 Å². The second-order valence-electron chi connectivity index (χ2n) is 4.77. The molecule has 1 heterocycles. The molecule has 21 heavy (non-hydrogen) atoms. The van der Waals surface area contributed by atoms with Crippen molar-refractivity contribution in [3.05, 3.63) is 53.6 Å². The first-order chi connectivity index (χ1) is 9.95. The van der Waals surface area contributed by atoms with E-state index in [9.17, 15) is 13.2 Å². The van der Waals surface area contributed by atoms with Crippen molar-refractivity contribution in [2.24, 2.45) is 0 Å². The first-order valence-electron chi connectivity index (χ1n) is 6.43. The molecule has 0 radical (unpaired) electrons. The maximum atomic E-state index is 12.2. The zero-order valence-corrected chi connectivity index (χ0v) is 12.7. The summed E-state index contributed by atoms with van der Waals surface area (Å²) in [5.41, 5.74) is 1.64. The molecular weight excluding hydrogens is 290 g/mol. The molecule has 2 aromatic rings. The lowest BCUT2D eigenvalue weighted by molar-refractivity contribution is -0.107. The van der Waals surface area contributed by atoms with E-state index in [0.717, 1.165) is 13.8 Å². The van der Waals surface area contributed by atoms with E-state index in [2.05, 4.69) is 4.98 Å². The lowest BCUT2D eigenvalue weighted by atomic mass is 10.1. The van der Waals surface area contributed by atoms with Crippen molar-refractivity contribution in [3.63, 3.8) is 0 Å². The molecule has 2 rings (SSSR count). The van der Waals surface area contributed by atoms with Crippen molar-refractivity contribution in [1.29, 1.82) is 0 Å². The number of benzene rings is 1. The summed E-state index contributed by atoms with van der Waals surface area (Å²) < 4.78 is 26.6. The Balaban J connectivity index is 2.40. The molecule has 0 saturated heterocycles. The number of carbonyl (C=O) groups excluding carboxylic acids is 1. The third kappa shape index (κ3) is 3.37. The van der Waals surface area contributed by atoms with Crippen LogP contribution in [0.5, 0.6) is 0 Å². The lowest BCUT2D eigenvalue weighted by Crippen LogP contribution is -2.29. The van der Waals surface area contributed by atoms with Crippen LogP contribution < -0.4 is 0 Å². The average Bonchev–Trinajstić information content (AvgIpc) is 2.83. The van der Waals surface area contributed by atoms with Crippen LogP contribution in [0.3, 0.4) is 0 Å². The highest BCUT2D eigenvalue weighted by molar-refractivity contribution is 7.87. The maximum Gasteiger partial charge on any atom is 0.308 e. The number of hydrogen-bond donors (Lipinski definition) is 0. The Labute approximate surface area is 124 Å². The van der Waals surface area contributed by atoms with E-state index < -0.39 is 10.2 Å². The quantitative estimate of drug-likeness (QED) is 0.742. The van der Waals surface area contributed by atoms with E-state index in [0.29, 0.717) is 18.4 Å². The fourth-order valence-electron chi connectivity index (χ4n) is 1.93. The van der Waals surface area contributed by atoms with Gasteiger partial charge in [-0.15, -0.1) is 0 Å². The maximum absolute atomic E-state index is 12.2. The van der Waals surface area contributed by atoms with Crippen LogP contribution in [0.2, 0.25) is 0 Å². The van der Waals surface area contributed by atoms with Gasteiger partial charge in [0.25, 0.3) is 0 Å². The fourth-order valence-corrected chi connectivity index (χ4v) is 2.92. The van der Waals surface area contributed by atoms with Crippen molar-refractivity contribution in [1.82, 2.24) is 13.3 Å². The van der Waals surface area contributed by atoms with Gasteiger partial charge >= 0.3 is 10.2 Å². The number of carbonyl (C=O) groups is 1. The number of hydrogen-bond acceptors (Lipinski definition) is 4. The molecular formula is C14H17N3O3S. The number of imidazole rings is 1. The molecule has 0 unspecified atom stereocenters. The summed E-state index contributed by atoms with van der Waals surface area (Å²) in [6, 6.07) is 9.62. The second-order valence-corrected chi connectivity index (χ2v) is 6.79. The summed E-state index contributed by atoms with van der Waals surface area (Å²) in [5, 5.41) is 0. The van der Waals surface area contributed by atoms with Crippen molar-refractivity contribution in [2.75, 3.05) is 14.1 Å². The van der Waals surface area contributed by atoms with Crippen molar-refractivity contribution in [2.45, 2.75) is 12.8 Å². The molecule has 0 amide bonds. The van der Waals surface area contributed by atoms with Gasteiger partial charge in [-0.05, 0) is 5.56 Å². The van der Waals surface area contributed by atoms with Gasteiger partial charge < -0.3 is 4.79 Å². The third-order valence-electron chi connectivity index (χ3n) is 3.00. The van der Waals surface area contributed by atoms with Gasteiger partial charge in [0.05, 0.1) is 12.1 Å². The topological polar surface area (TPSA) is 72.3 Å². The van der Waals surface area contributed by atoms with E-state index in [1.54, 1.807) is 0 Å². The fraction of sp³-hybridized carbons (Fsp3) is 0.286. The molecule has 6 nitrogen and oxygen atoms in total. The molecule has 0 aliphatic rings. The molecule has 1 aromatic heterocycles. The van der Waals surface area contributed by atoms with E-state index in [1.165, 1.54) is 20.3 Å². The molecule has 0 atom stereocenters. The van der Waals surface area contributed by atoms with Crippen LogP contribution in [-0.4, -0.2) is 42.1 Å². The molecule has 0 aliphatic carbocycles. The number of rotatable bonds is 6. The third-order valence-corrected chi connectivity index (χ3v) is 4.73. The van der Waals surface area contributed by atoms with Crippen molar-refractivity contribution in [3.8, 4) is 0 Å². The smallest absolute Gasteiger partial charge is 0.303 e. The van der Waals surface area contributed by atoms with Gasteiger partial charge in [0.2, 0.25) is 0 Å². The zero-order valence-electron chi connectivity index (χ0n) is 11.9. The van der Waals surface area contributed by atoms with Gasteiger partial charge in [-0.1, -0.05) is 30.3 Å². The number of aromatic nitrogens is 2. The number of aldehydes is 1. The summed E-state index contributed by atoms with van der Waals surface area (Å²) in [6.45, 7) is 0. The summed E-state index contributed by atoms with van der Waals surface area (Å²) in [4.78, 5) is 15.0. The summed E-state index contributed by atoms with van der Waals surface area (Å²) in [5.74, 6) is 0.227. The van der Waals surface area contributed by atoms with Crippen LogP contribution in [-0.2, 0) is 27.8 Å². The average molecular weight is 307 g/mol. The Morgan fingerprint density at radius 3 is 2.48 bits per heavy atom. The first kappa shape index (κ1) is 15.4. The minimum Gasteiger partial charge on any atom is -0.303 e. The van der Waals surface area contributed by atoms with Gasteiger partial charge in [0, 0.05) is 26.7 Å². The predicted molar refractivity (Wildman–Crippen MR) is 79.2 cm³/mol. The molecule has 0 N–H and O–H groups in total. The van der Waals surface area contributed by atoms with Gasteiger partial charge in [0.15, 0.2) is 0 Å².